The van der Waals surface area contributed by atoms with Gasteiger partial charge < -0.3 is 10.1 Å². The van der Waals surface area contributed by atoms with E-state index in [4.69, 9.17) is 4.74 Å². The monoisotopic (exact) mass is 552 g/mol. The van der Waals surface area contributed by atoms with E-state index in [2.05, 4.69) is 20.7 Å². The minimum atomic E-state index is -0.912. The Morgan fingerprint density at radius 1 is 1.00 bits per heavy atom. The van der Waals surface area contributed by atoms with Crippen LogP contribution in [0.4, 0.5) is 5.69 Å². The third-order valence-electron chi connectivity index (χ3n) is 7.57. The number of aromatic nitrogens is 4. The Balaban J connectivity index is 1.51. The van der Waals surface area contributed by atoms with Gasteiger partial charge >= 0.3 is 0 Å². The van der Waals surface area contributed by atoms with Gasteiger partial charge in [-0.05, 0) is 68.5 Å². The van der Waals surface area contributed by atoms with Gasteiger partial charge in [0.15, 0.2) is 0 Å². The molecule has 2 unspecified atom stereocenters. The van der Waals surface area contributed by atoms with Crippen LogP contribution in [0, 0.1) is 27.7 Å². The molecule has 2 amide bonds. The number of hydrogen-bond acceptors (Lipinski definition) is 6. The fourth-order valence-electron chi connectivity index (χ4n) is 5.02. The Morgan fingerprint density at radius 3 is 2.39 bits per heavy atom. The number of carbonyl (C=O) groups excluding carboxylic acids is 2. The third kappa shape index (κ3) is 6.52. The van der Waals surface area contributed by atoms with Crippen LogP contribution in [0.5, 0.6) is 0 Å². The van der Waals surface area contributed by atoms with Crippen LogP contribution in [0.2, 0.25) is 0 Å². The van der Waals surface area contributed by atoms with E-state index < -0.39 is 6.04 Å². The van der Waals surface area contributed by atoms with Crippen molar-refractivity contribution in [2.24, 2.45) is 0 Å². The molecule has 3 aromatic carbocycles. The lowest BCUT2D eigenvalue weighted by Gasteiger charge is -2.33. The molecule has 0 radical (unpaired) electrons. The lowest BCUT2D eigenvalue weighted by Crippen LogP contribution is -2.47. The molecule has 2 atom stereocenters. The highest BCUT2D eigenvalue weighted by Crippen LogP contribution is 2.32. The second-order valence-electron chi connectivity index (χ2n) is 10.7. The molecule has 1 fully saturated rings. The van der Waals surface area contributed by atoms with Crippen LogP contribution < -0.4 is 10.2 Å². The van der Waals surface area contributed by atoms with Crippen molar-refractivity contribution >= 4 is 17.5 Å². The first kappa shape index (κ1) is 28.2. The van der Waals surface area contributed by atoms with Gasteiger partial charge in [0.25, 0.3) is 5.91 Å². The summed E-state index contributed by atoms with van der Waals surface area (Å²) in [6.45, 7) is 8.86. The molecule has 4 aromatic rings. The second kappa shape index (κ2) is 12.4. The van der Waals surface area contributed by atoms with E-state index in [0.717, 1.165) is 40.7 Å². The molecule has 41 heavy (non-hydrogen) atoms. The lowest BCUT2D eigenvalue weighted by molar-refractivity contribution is -0.127. The SMILES string of the molecule is Cc1ccc(-c2nnn(CC(=O)N(c3cccc(C)c3C)C(C(=O)NCC3CCCO3)c3ccc(C)cc3)n2)cc1. The zero-order chi connectivity index (χ0) is 28.9. The molecule has 0 spiro atoms. The van der Waals surface area contributed by atoms with Crippen LogP contribution in [-0.4, -0.2) is 51.3 Å². The van der Waals surface area contributed by atoms with E-state index in [0.29, 0.717) is 30.2 Å². The summed E-state index contributed by atoms with van der Waals surface area (Å²) in [5.74, 6) is -0.171. The van der Waals surface area contributed by atoms with Crippen LogP contribution >= 0.6 is 0 Å². The topological polar surface area (TPSA) is 102 Å². The van der Waals surface area contributed by atoms with Gasteiger partial charge in [0, 0.05) is 24.4 Å². The van der Waals surface area contributed by atoms with Crippen molar-refractivity contribution in [1.82, 2.24) is 25.5 Å². The zero-order valence-electron chi connectivity index (χ0n) is 24.0. The summed E-state index contributed by atoms with van der Waals surface area (Å²) in [6, 6.07) is 20.4. The minimum Gasteiger partial charge on any atom is -0.376 e. The molecular weight excluding hydrogens is 516 g/mol. The van der Waals surface area contributed by atoms with Crippen molar-refractivity contribution in [2.75, 3.05) is 18.1 Å². The number of tetrazole rings is 1. The van der Waals surface area contributed by atoms with Gasteiger partial charge in [-0.25, -0.2) is 0 Å². The van der Waals surface area contributed by atoms with E-state index in [1.807, 2.05) is 94.4 Å². The van der Waals surface area contributed by atoms with Crippen molar-refractivity contribution in [2.45, 2.75) is 59.2 Å². The molecule has 5 rings (SSSR count). The van der Waals surface area contributed by atoms with E-state index in [1.165, 1.54) is 4.80 Å². The zero-order valence-corrected chi connectivity index (χ0v) is 24.0. The molecule has 1 aliphatic heterocycles. The maximum absolute atomic E-state index is 14.2. The van der Waals surface area contributed by atoms with Crippen LogP contribution in [-0.2, 0) is 20.9 Å². The normalized spacial score (nSPS) is 15.5. The molecule has 1 saturated heterocycles. The first-order valence-electron chi connectivity index (χ1n) is 14.0. The van der Waals surface area contributed by atoms with Crippen molar-refractivity contribution in [3.63, 3.8) is 0 Å². The summed E-state index contributed by atoms with van der Waals surface area (Å²) in [4.78, 5) is 31.0. The smallest absolute Gasteiger partial charge is 0.251 e. The van der Waals surface area contributed by atoms with E-state index in [1.54, 1.807) is 4.90 Å². The number of nitrogens with zero attached hydrogens (tertiary/aromatic N) is 5. The Hall–Kier alpha value is -4.37. The average molecular weight is 553 g/mol. The number of ether oxygens (including phenoxy) is 1. The first-order chi connectivity index (χ1) is 19.8. The number of anilines is 1. The van der Waals surface area contributed by atoms with E-state index in [-0.39, 0.29) is 24.5 Å². The first-order valence-corrected chi connectivity index (χ1v) is 14.0. The third-order valence-corrected chi connectivity index (χ3v) is 7.57. The van der Waals surface area contributed by atoms with Crippen molar-refractivity contribution in [3.8, 4) is 11.4 Å². The second-order valence-corrected chi connectivity index (χ2v) is 10.7. The molecular formula is C32H36N6O3. The summed E-state index contributed by atoms with van der Waals surface area (Å²) >= 11 is 0. The Bertz CT molecular complexity index is 1510. The molecule has 0 saturated carbocycles. The number of nitrogens with one attached hydrogen (secondary N) is 1. The Morgan fingerprint density at radius 2 is 1.71 bits per heavy atom. The van der Waals surface area contributed by atoms with Crippen LogP contribution in [0.25, 0.3) is 11.4 Å². The van der Waals surface area contributed by atoms with Gasteiger partial charge in [0.05, 0.1) is 6.10 Å². The molecule has 1 aliphatic rings. The Labute approximate surface area is 240 Å². The van der Waals surface area contributed by atoms with Crippen LogP contribution in [0.15, 0.2) is 66.7 Å². The van der Waals surface area contributed by atoms with Crippen molar-refractivity contribution < 1.29 is 14.3 Å². The molecule has 9 nitrogen and oxygen atoms in total. The maximum Gasteiger partial charge on any atom is 0.251 e. The van der Waals surface area contributed by atoms with Crippen LogP contribution in [0.1, 0.15) is 46.7 Å². The highest BCUT2D eigenvalue weighted by atomic mass is 16.5. The summed E-state index contributed by atoms with van der Waals surface area (Å²) in [5.41, 5.74) is 6.30. The van der Waals surface area contributed by atoms with Crippen molar-refractivity contribution in [1.29, 1.82) is 0 Å². The summed E-state index contributed by atoms with van der Waals surface area (Å²) in [5, 5.41) is 15.9. The fraction of sp³-hybridized carbons (Fsp3) is 0.344. The maximum atomic E-state index is 14.2. The van der Waals surface area contributed by atoms with Gasteiger partial charge in [-0.3, -0.25) is 14.5 Å². The highest BCUT2D eigenvalue weighted by molar-refractivity contribution is 6.01. The molecule has 212 valence electrons. The summed E-state index contributed by atoms with van der Waals surface area (Å²) in [7, 11) is 0. The molecule has 2 heterocycles. The lowest BCUT2D eigenvalue weighted by atomic mass is 9.99. The molecule has 0 aliphatic carbocycles. The number of benzene rings is 3. The van der Waals surface area contributed by atoms with Gasteiger partial charge in [0.2, 0.25) is 11.7 Å². The number of carbonyl (C=O) groups is 2. The average Bonchev–Trinajstić information content (AvgIpc) is 3.66. The van der Waals surface area contributed by atoms with E-state index >= 15 is 0 Å². The predicted molar refractivity (Wildman–Crippen MR) is 157 cm³/mol. The largest absolute Gasteiger partial charge is 0.376 e. The molecule has 9 heteroatoms. The number of amides is 2. The molecule has 0 bridgehead atoms. The van der Waals surface area contributed by atoms with Gasteiger partial charge in [0.1, 0.15) is 12.6 Å². The van der Waals surface area contributed by atoms with Gasteiger partial charge in [-0.2, -0.15) is 4.80 Å². The number of rotatable bonds is 9. The molecule has 1 N–H and O–H groups in total. The van der Waals surface area contributed by atoms with Crippen LogP contribution in [0.3, 0.4) is 0 Å². The summed E-state index contributed by atoms with van der Waals surface area (Å²) in [6.07, 6.45) is 1.85. The number of hydrogen-bond donors (Lipinski definition) is 1. The quantitative estimate of drug-likeness (QED) is 0.325. The Kier molecular flexibility index (Phi) is 8.54. The minimum absolute atomic E-state index is 0.0259. The fourth-order valence-corrected chi connectivity index (χ4v) is 5.02. The summed E-state index contributed by atoms with van der Waals surface area (Å²) < 4.78 is 5.73. The van der Waals surface area contributed by atoms with E-state index in [9.17, 15) is 9.59 Å². The van der Waals surface area contributed by atoms with Gasteiger partial charge in [-0.1, -0.05) is 71.8 Å². The molecule has 1 aromatic heterocycles. The van der Waals surface area contributed by atoms with Crippen molar-refractivity contribution in [3.05, 3.63) is 94.5 Å². The highest BCUT2D eigenvalue weighted by Gasteiger charge is 2.34. The number of aryl methyl sites for hydroxylation is 3. The standard InChI is InChI=1S/C32H36N6O3/c1-21-10-14-25(15-11-21)30(32(40)33-19-27-8-6-18-41-27)38(28-9-5-7-23(3)24(28)4)29(39)20-37-35-31(34-36-37)26-16-12-22(2)13-17-26/h5,7,9-17,27,30H,6,8,18-20H2,1-4H3,(H,33,40). The van der Waals surface area contributed by atoms with Gasteiger partial charge in [-0.15, -0.1) is 10.2 Å². The predicted octanol–water partition coefficient (Wildman–Crippen LogP) is 4.64.